The lowest BCUT2D eigenvalue weighted by Crippen LogP contribution is -2.23. The fourth-order valence-electron chi connectivity index (χ4n) is 1.79. The van der Waals surface area contributed by atoms with Gasteiger partial charge in [0.1, 0.15) is 0 Å². The van der Waals surface area contributed by atoms with Crippen molar-refractivity contribution in [3.8, 4) is 0 Å². The number of anilines is 1. The molecular weight excluding hydrogens is 304 g/mol. The Morgan fingerprint density at radius 1 is 1.21 bits per heavy atom. The van der Waals surface area contributed by atoms with Crippen LogP contribution in [0.3, 0.4) is 0 Å². The van der Waals surface area contributed by atoms with Crippen molar-refractivity contribution >= 4 is 27.5 Å². The topological polar surface area (TPSA) is 55.1 Å². The van der Waals surface area contributed by atoms with Crippen LogP contribution in [0.15, 0.2) is 46.9 Å². The van der Waals surface area contributed by atoms with Gasteiger partial charge in [-0.2, -0.15) is 0 Å². The summed E-state index contributed by atoms with van der Waals surface area (Å²) in [6, 6.07) is 13.1. The Hall–Kier alpha value is -1.81. The van der Waals surface area contributed by atoms with Gasteiger partial charge in [-0.15, -0.1) is 0 Å². The molecule has 0 aliphatic rings. The highest BCUT2D eigenvalue weighted by Gasteiger charge is 2.11. The van der Waals surface area contributed by atoms with Crippen molar-refractivity contribution in [3.63, 3.8) is 0 Å². The summed E-state index contributed by atoms with van der Waals surface area (Å²) < 4.78 is 0.827. The Labute approximate surface area is 121 Å². The molecule has 0 fully saturated rings. The van der Waals surface area contributed by atoms with E-state index < -0.39 is 0 Å². The average Bonchev–Trinajstić information content (AvgIpc) is 2.40. The first kappa shape index (κ1) is 13.6. The second kappa shape index (κ2) is 5.89. The maximum atomic E-state index is 12.1. The Morgan fingerprint density at radius 2 is 1.95 bits per heavy atom. The summed E-state index contributed by atoms with van der Waals surface area (Å²) in [6.07, 6.45) is 0. The molecule has 0 heterocycles. The Balaban J connectivity index is 2.10. The third-order valence-electron chi connectivity index (χ3n) is 2.93. The van der Waals surface area contributed by atoms with E-state index in [1.165, 1.54) is 0 Å². The number of nitrogens with two attached hydrogens (primary N) is 1. The molecule has 2 rings (SSSR count). The van der Waals surface area contributed by atoms with Gasteiger partial charge in [0.05, 0.1) is 5.56 Å². The number of aryl methyl sites for hydroxylation is 1. The third-order valence-corrected chi connectivity index (χ3v) is 3.98. The molecule has 1 amide bonds. The summed E-state index contributed by atoms with van der Waals surface area (Å²) in [5.41, 5.74) is 9.11. The zero-order valence-electron chi connectivity index (χ0n) is 10.6. The van der Waals surface area contributed by atoms with Crippen molar-refractivity contribution in [2.45, 2.75) is 13.5 Å². The van der Waals surface area contributed by atoms with E-state index in [0.717, 1.165) is 15.6 Å². The predicted molar refractivity (Wildman–Crippen MR) is 80.9 cm³/mol. The lowest BCUT2D eigenvalue weighted by Gasteiger charge is -2.09. The van der Waals surface area contributed by atoms with Crippen LogP contribution in [0.5, 0.6) is 0 Å². The molecule has 0 aliphatic carbocycles. The Morgan fingerprint density at radius 3 is 2.68 bits per heavy atom. The summed E-state index contributed by atoms with van der Waals surface area (Å²) in [6.45, 7) is 2.38. The van der Waals surface area contributed by atoms with E-state index in [-0.39, 0.29) is 5.91 Å². The monoisotopic (exact) mass is 318 g/mol. The zero-order chi connectivity index (χ0) is 13.8. The largest absolute Gasteiger partial charge is 0.398 e. The normalized spacial score (nSPS) is 10.2. The van der Waals surface area contributed by atoms with Gasteiger partial charge in [-0.05, 0) is 46.1 Å². The molecule has 0 radical (unpaired) electrons. The zero-order valence-corrected chi connectivity index (χ0v) is 12.2. The van der Waals surface area contributed by atoms with E-state index in [0.29, 0.717) is 17.8 Å². The van der Waals surface area contributed by atoms with E-state index in [1.807, 2.05) is 43.3 Å². The molecular formula is C15H15BrN2O. The smallest absolute Gasteiger partial charge is 0.252 e. The highest BCUT2D eigenvalue weighted by atomic mass is 79.9. The first-order valence-corrected chi connectivity index (χ1v) is 6.75. The van der Waals surface area contributed by atoms with Crippen LogP contribution in [0, 0.1) is 6.92 Å². The molecule has 4 heteroatoms. The van der Waals surface area contributed by atoms with Crippen molar-refractivity contribution in [2.75, 3.05) is 5.73 Å². The molecule has 2 aromatic carbocycles. The first-order chi connectivity index (χ1) is 9.09. The van der Waals surface area contributed by atoms with Crippen molar-refractivity contribution in [3.05, 3.63) is 63.6 Å². The third kappa shape index (κ3) is 3.15. The number of nitrogens with one attached hydrogen (secondary N) is 1. The van der Waals surface area contributed by atoms with Crippen molar-refractivity contribution < 1.29 is 4.79 Å². The molecule has 0 bridgehead atoms. The number of benzene rings is 2. The minimum Gasteiger partial charge on any atom is -0.398 e. The number of carbonyl (C=O) groups is 1. The summed E-state index contributed by atoms with van der Waals surface area (Å²) in [4.78, 5) is 12.1. The number of para-hydroxylation sites is 1. The van der Waals surface area contributed by atoms with Crippen molar-refractivity contribution in [1.29, 1.82) is 0 Å². The molecule has 0 spiro atoms. The minimum atomic E-state index is -0.112. The Bertz CT molecular complexity index is 611. The van der Waals surface area contributed by atoms with E-state index in [1.54, 1.807) is 6.07 Å². The number of nitrogen functional groups attached to an aromatic ring is 1. The number of halogens is 1. The molecule has 0 saturated carbocycles. The molecule has 2 aromatic rings. The highest BCUT2D eigenvalue weighted by molar-refractivity contribution is 9.10. The first-order valence-electron chi connectivity index (χ1n) is 5.96. The minimum absolute atomic E-state index is 0.112. The molecule has 3 N–H and O–H groups in total. The number of hydrogen-bond acceptors (Lipinski definition) is 2. The van der Waals surface area contributed by atoms with Gasteiger partial charge in [0, 0.05) is 16.7 Å². The van der Waals surface area contributed by atoms with Crippen LogP contribution < -0.4 is 11.1 Å². The maximum absolute atomic E-state index is 12.1. The Kier molecular flexibility index (Phi) is 4.22. The number of carbonyl (C=O) groups excluding carboxylic acids is 1. The lowest BCUT2D eigenvalue weighted by atomic mass is 10.1. The van der Waals surface area contributed by atoms with E-state index >= 15 is 0 Å². The summed E-state index contributed by atoms with van der Waals surface area (Å²) >= 11 is 3.44. The molecule has 3 nitrogen and oxygen atoms in total. The van der Waals surface area contributed by atoms with Gasteiger partial charge in [0.15, 0.2) is 0 Å². The molecule has 98 valence electrons. The number of amides is 1. The second-order valence-electron chi connectivity index (χ2n) is 4.32. The second-order valence-corrected chi connectivity index (χ2v) is 5.11. The highest BCUT2D eigenvalue weighted by Crippen LogP contribution is 2.21. The SMILES string of the molecule is Cc1cccc(C(=O)NCc2ccccc2N)c1Br. The van der Waals surface area contributed by atoms with Crippen molar-refractivity contribution in [1.82, 2.24) is 5.32 Å². The number of rotatable bonds is 3. The maximum Gasteiger partial charge on any atom is 0.252 e. The van der Waals surface area contributed by atoms with E-state index in [9.17, 15) is 4.79 Å². The predicted octanol–water partition coefficient (Wildman–Crippen LogP) is 3.27. The van der Waals surface area contributed by atoms with Gasteiger partial charge in [0.2, 0.25) is 0 Å². The van der Waals surface area contributed by atoms with Crippen LogP contribution in [0.4, 0.5) is 5.69 Å². The van der Waals surface area contributed by atoms with Gasteiger partial charge in [-0.1, -0.05) is 30.3 Å². The molecule has 0 aromatic heterocycles. The van der Waals surface area contributed by atoms with Crippen LogP contribution in [-0.2, 0) is 6.54 Å². The van der Waals surface area contributed by atoms with E-state index in [4.69, 9.17) is 5.73 Å². The molecule has 0 saturated heterocycles. The van der Waals surface area contributed by atoms with Gasteiger partial charge in [-0.25, -0.2) is 0 Å². The average molecular weight is 319 g/mol. The lowest BCUT2D eigenvalue weighted by molar-refractivity contribution is 0.0950. The van der Waals surface area contributed by atoms with Gasteiger partial charge < -0.3 is 11.1 Å². The van der Waals surface area contributed by atoms with Crippen LogP contribution >= 0.6 is 15.9 Å². The summed E-state index contributed by atoms with van der Waals surface area (Å²) in [5, 5.41) is 2.88. The van der Waals surface area contributed by atoms with Gasteiger partial charge in [0.25, 0.3) is 5.91 Å². The quantitative estimate of drug-likeness (QED) is 0.853. The van der Waals surface area contributed by atoms with Gasteiger partial charge >= 0.3 is 0 Å². The molecule has 0 atom stereocenters. The van der Waals surface area contributed by atoms with Crippen LogP contribution in [-0.4, -0.2) is 5.91 Å². The molecule has 0 unspecified atom stereocenters. The van der Waals surface area contributed by atoms with Gasteiger partial charge in [-0.3, -0.25) is 4.79 Å². The van der Waals surface area contributed by atoms with Crippen LogP contribution in [0.25, 0.3) is 0 Å². The molecule has 19 heavy (non-hydrogen) atoms. The van der Waals surface area contributed by atoms with Crippen LogP contribution in [0.1, 0.15) is 21.5 Å². The van der Waals surface area contributed by atoms with Crippen molar-refractivity contribution in [2.24, 2.45) is 0 Å². The fraction of sp³-hybridized carbons (Fsp3) is 0.133. The molecule has 0 aliphatic heterocycles. The summed E-state index contributed by atoms with van der Waals surface area (Å²) in [7, 11) is 0. The van der Waals surface area contributed by atoms with E-state index in [2.05, 4.69) is 21.2 Å². The fourth-order valence-corrected chi connectivity index (χ4v) is 2.23. The standard InChI is InChI=1S/C15H15BrN2O/c1-10-5-4-7-12(14(10)16)15(19)18-9-11-6-2-3-8-13(11)17/h2-8H,9,17H2,1H3,(H,18,19). The van der Waals surface area contributed by atoms with Crippen LogP contribution in [0.2, 0.25) is 0 Å². The summed E-state index contributed by atoms with van der Waals surface area (Å²) in [5.74, 6) is -0.112. The number of hydrogen-bond donors (Lipinski definition) is 2.